The summed E-state index contributed by atoms with van der Waals surface area (Å²) in [5, 5.41) is 11.9. The molecule has 0 amide bonds. The number of nitrogens with zero attached hydrogens (tertiary/aromatic N) is 3. The Hall–Kier alpha value is -1.53. The van der Waals surface area contributed by atoms with E-state index in [1.165, 1.54) is 17.8 Å². The number of aryl methyl sites for hydroxylation is 1. The van der Waals surface area contributed by atoms with E-state index in [1.807, 2.05) is 7.05 Å². The summed E-state index contributed by atoms with van der Waals surface area (Å²) in [7, 11) is 1.82. The summed E-state index contributed by atoms with van der Waals surface area (Å²) >= 11 is 7.16. The maximum absolute atomic E-state index is 10.9. The van der Waals surface area contributed by atoms with E-state index in [0.29, 0.717) is 15.1 Å². The molecule has 1 heterocycles. The largest absolute Gasteiger partial charge is 0.329 e. The summed E-state index contributed by atoms with van der Waals surface area (Å²) in [6.45, 7) is 0. The third kappa shape index (κ3) is 2.42. The van der Waals surface area contributed by atoms with Crippen molar-refractivity contribution in [2.45, 2.75) is 10.1 Å². The summed E-state index contributed by atoms with van der Waals surface area (Å²) < 4.78 is 1.78. The highest BCUT2D eigenvalue weighted by atomic mass is 35.5. The maximum Gasteiger partial charge on any atom is 0.284 e. The summed E-state index contributed by atoms with van der Waals surface area (Å²) in [6, 6.07) is 4.61. The number of aromatic nitrogens is 2. The number of imidazole rings is 1. The highest BCUT2D eigenvalue weighted by molar-refractivity contribution is 7.99. The molecule has 0 N–H and O–H groups in total. The van der Waals surface area contributed by atoms with Gasteiger partial charge in [0.15, 0.2) is 5.16 Å². The standard InChI is InChI=1S/C10H8ClN3O2S/c1-13-6-5-12-10(13)17-9-7(11)3-2-4-8(9)14(15)16/h2-6H,1H3. The molecule has 5 nitrogen and oxygen atoms in total. The van der Waals surface area contributed by atoms with Gasteiger partial charge in [0.25, 0.3) is 5.69 Å². The molecule has 2 aromatic rings. The number of hydrogen-bond acceptors (Lipinski definition) is 4. The number of halogens is 1. The van der Waals surface area contributed by atoms with E-state index in [4.69, 9.17) is 11.6 Å². The van der Waals surface area contributed by atoms with Crippen molar-refractivity contribution in [1.82, 2.24) is 9.55 Å². The Morgan fingerprint density at radius 3 is 2.88 bits per heavy atom. The first-order chi connectivity index (χ1) is 8.09. The minimum absolute atomic E-state index is 0.00880. The number of nitro groups is 1. The van der Waals surface area contributed by atoms with Crippen molar-refractivity contribution >= 4 is 29.1 Å². The second-order valence-electron chi connectivity index (χ2n) is 3.27. The van der Waals surface area contributed by atoms with Crippen LogP contribution in [0.3, 0.4) is 0 Å². The van der Waals surface area contributed by atoms with Gasteiger partial charge in [0, 0.05) is 25.5 Å². The third-order valence-electron chi connectivity index (χ3n) is 2.11. The molecule has 2 rings (SSSR count). The second kappa shape index (κ2) is 4.77. The average molecular weight is 270 g/mol. The summed E-state index contributed by atoms with van der Waals surface area (Å²) in [5.74, 6) is 0. The van der Waals surface area contributed by atoms with Crippen LogP contribution in [0.1, 0.15) is 0 Å². The lowest BCUT2D eigenvalue weighted by Gasteiger charge is -2.04. The summed E-state index contributed by atoms with van der Waals surface area (Å²) in [6.07, 6.45) is 3.40. The van der Waals surface area contributed by atoms with Gasteiger partial charge in [-0.05, 0) is 17.8 Å². The molecule has 0 unspecified atom stereocenters. The normalized spacial score (nSPS) is 10.5. The van der Waals surface area contributed by atoms with Gasteiger partial charge in [-0.25, -0.2) is 4.98 Å². The van der Waals surface area contributed by atoms with Crippen molar-refractivity contribution in [3.63, 3.8) is 0 Å². The van der Waals surface area contributed by atoms with Gasteiger partial charge < -0.3 is 4.57 Å². The first-order valence-electron chi connectivity index (χ1n) is 4.67. The van der Waals surface area contributed by atoms with Crippen molar-refractivity contribution in [2.75, 3.05) is 0 Å². The van der Waals surface area contributed by atoms with Crippen LogP contribution in [-0.4, -0.2) is 14.5 Å². The number of benzene rings is 1. The lowest BCUT2D eigenvalue weighted by molar-refractivity contribution is -0.387. The molecule has 1 aromatic heterocycles. The van der Waals surface area contributed by atoms with Crippen molar-refractivity contribution in [3.05, 3.63) is 45.7 Å². The molecular weight excluding hydrogens is 262 g/mol. The Morgan fingerprint density at radius 1 is 1.53 bits per heavy atom. The van der Waals surface area contributed by atoms with Crippen molar-refractivity contribution in [3.8, 4) is 0 Å². The molecule has 7 heteroatoms. The molecule has 0 aliphatic rings. The quantitative estimate of drug-likeness (QED) is 0.634. The number of rotatable bonds is 3. The van der Waals surface area contributed by atoms with Crippen molar-refractivity contribution in [1.29, 1.82) is 0 Å². The third-order valence-corrected chi connectivity index (χ3v) is 3.75. The molecule has 1 aromatic carbocycles. The minimum Gasteiger partial charge on any atom is -0.329 e. The molecule has 88 valence electrons. The molecule has 0 aliphatic carbocycles. The maximum atomic E-state index is 10.9. The van der Waals surface area contributed by atoms with E-state index in [-0.39, 0.29) is 5.69 Å². The molecule has 0 atom stereocenters. The summed E-state index contributed by atoms with van der Waals surface area (Å²) in [4.78, 5) is 15.0. The van der Waals surface area contributed by atoms with E-state index in [2.05, 4.69) is 4.98 Å². The van der Waals surface area contributed by atoms with E-state index >= 15 is 0 Å². The predicted molar refractivity (Wildman–Crippen MR) is 65.4 cm³/mol. The Morgan fingerprint density at radius 2 is 2.29 bits per heavy atom. The zero-order chi connectivity index (χ0) is 12.4. The van der Waals surface area contributed by atoms with E-state index in [1.54, 1.807) is 29.1 Å². The van der Waals surface area contributed by atoms with Crippen LogP contribution in [0.25, 0.3) is 0 Å². The SMILES string of the molecule is Cn1ccnc1Sc1c(Cl)cccc1[N+](=O)[O-]. The van der Waals surface area contributed by atoms with Gasteiger partial charge in [-0.3, -0.25) is 10.1 Å². The molecule has 0 aliphatic heterocycles. The molecular formula is C10H8ClN3O2S. The van der Waals surface area contributed by atoms with Crippen LogP contribution in [0.15, 0.2) is 40.6 Å². The van der Waals surface area contributed by atoms with Gasteiger partial charge in [0.05, 0.1) is 9.95 Å². The fourth-order valence-electron chi connectivity index (χ4n) is 1.28. The molecule has 0 bridgehead atoms. The van der Waals surface area contributed by atoms with Crippen LogP contribution in [-0.2, 0) is 7.05 Å². The van der Waals surface area contributed by atoms with E-state index in [9.17, 15) is 10.1 Å². The topological polar surface area (TPSA) is 61.0 Å². The molecule has 0 spiro atoms. The van der Waals surface area contributed by atoms with Gasteiger partial charge in [0.1, 0.15) is 4.90 Å². The monoisotopic (exact) mass is 269 g/mol. The van der Waals surface area contributed by atoms with Crippen LogP contribution >= 0.6 is 23.4 Å². The van der Waals surface area contributed by atoms with Crippen molar-refractivity contribution < 1.29 is 4.92 Å². The van der Waals surface area contributed by atoms with Crippen LogP contribution in [0.2, 0.25) is 5.02 Å². The lowest BCUT2D eigenvalue weighted by atomic mass is 10.3. The van der Waals surface area contributed by atoms with Gasteiger partial charge >= 0.3 is 0 Å². The fraction of sp³-hybridized carbons (Fsp3) is 0.100. The van der Waals surface area contributed by atoms with Gasteiger partial charge in [0.2, 0.25) is 0 Å². The second-order valence-corrected chi connectivity index (χ2v) is 4.65. The Kier molecular flexibility index (Phi) is 3.35. The Balaban J connectivity index is 2.45. The highest BCUT2D eigenvalue weighted by Gasteiger charge is 2.19. The number of nitro benzene ring substituents is 1. The van der Waals surface area contributed by atoms with E-state index in [0.717, 1.165) is 0 Å². The zero-order valence-corrected chi connectivity index (χ0v) is 10.4. The van der Waals surface area contributed by atoms with Crippen LogP contribution in [0.4, 0.5) is 5.69 Å². The number of hydrogen-bond donors (Lipinski definition) is 0. The fourth-order valence-corrected chi connectivity index (χ4v) is 2.48. The minimum atomic E-state index is -0.447. The first kappa shape index (κ1) is 11.9. The Labute approximate surface area is 107 Å². The molecule has 0 radical (unpaired) electrons. The summed E-state index contributed by atoms with van der Waals surface area (Å²) in [5.41, 5.74) is -0.00880. The molecule has 0 saturated heterocycles. The zero-order valence-electron chi connectivity index (χ0n) is 8.83. The van der Waals surface area contributed by atoms with Crippen LogP contribution < -0.4 is 0 Å². The van der Waals surface area contributed by atoms with E-state index < -0.39 is 4.92 Å². The van der Waals surface area contributed by atoms with Gasteiger partial charge in [-0.1, -0.05) is 17.7 Å². The average Bonchev–Trinajstić information content (AvgIpc) is 2.67. The van der Waals surface area contributed by atoms with Gasteiger partial charge in [-0.15, -0.1) is 0 Å². The molecule has 0 fully saturated rings. The smallest absolute Gasteiger partial charge is 0.284 e. The van der Waals surface area contributed by atoms with Crippen molar-refractivity contribution in [2.24, 2.45) is 7.05 Å². The van der Waals surface area contributed by atoms with Crippen LogP contribution in [0, 0.1) is 10.1 Å². The highest BCUT2D eigenvalue weighted by Crippen LogP contribution is 2.38. The first-order valence-corrected chi connectivity index (χ1v) is 5.87. The molecule has 17 heavy (non-hydrogen) atoms. The van der Waals surface area contributed by atoms with Crippen LogP contribution in [0.5, 0.6) is 0 Å². The van der Waals surface area contributed by atoms with Gasteiger partial charge in [-0.2, -0.15) is 0 Å². The Bertz CT molecular complexity index is 570. The predicted octanol–water partition coefficient (Wildman–Crippen LogP) is 3.13. The lowest BCUT2D eigenvalue weighted by Crippen LogP contribution is -1.93. The molecule has 0 saturated carbocycles.